The minimum Gasteiger partial charge on any atom is -0.389 e. The third-order valence-corrected chi connectivity index (χ3v) is 11.9. The van der Waals surface area contributed by atoms with Crippen LogP contribution in [0.4, 0.5) is 0 Å². The summed E-state index contributed by atoms with van der Waals surface area (Å²) in [7, 11) is 0. The first-order chi connectivity index (χ1) is 15.0. The number of fused-ring (bicyclic) bond motifs is 7. The molecule has 5 rings (SSSR count). The van der Waals surface area contributed by atoms with Crippen LogP contribution in [0.5, 0.6) is 0 Å². The van der Waals surface area contributed by atoms with E-state index in [-0.39, 0.29) is 28.8 Å². The van der Waals surface area contributed by atoms with Gasteiger partial charge in [-0.05, 0) is 74.0 Å². The van der Waals surface area contributed by atoms with Crippen LogP contribution in [0.25, 0.3) is 0 Å². The summed E-state index contributed by atoms with van der Waals surface area (Å²) < 4.78 is 6.51. The molecular weight excluding hydrogens is 396 g/mol. The monoisotopic (exact) mass is 444 g/mol. The molecule has 11 atom stereocenters. The molecule has 4 fully saturated rings. The second kappa shape index (κ2) is 7.56. The van der Waals surface area contributed by atoms with Gasteiger partial charge in [0.2, 0.25) is 0 Å². The van der Waals surface area contributed by atoms with Gasteiger partial charge in [0.1, 0.15) is 0 Å². The summed E-state index contributed by atoms with van der Waals surface area (Å²) in [6.07, 6.45) is 13.3. The maximum Gasteiger partial charge on any atom is 0.168 e. The number of hydrogen-bond acceptors (Lipinski definition) is 3. The maximum absolute atomic E-state index is 12.5. The van der Waals surface area contributed by atoms with Crippen molar-refractivity contribution in [2.24, 2.45) is 46.3 Å². The van der Waals surface area contributed by atoms with Crippen molar-refractivity contribution in [3.05, 3.63) is 11.6 Å². The van der Waals surface area contributed by atoms with Crippen LogP contribution < -0.4 is 0 Å². The molecule has 3 saturated carbocycles. The van der Waals surface area contributed by atoms with Gasteiger partial charge in [-0.15, -0.1) is 0 Å². The highest BCUT2D eigenvalue weighted by Gasteiger charge is 2.73. The average molecular weight is 445 g/mol. The molecule has 0 aromatic carbocycles. The second-order valence-corrected chi connectivity index (χ2v) is 13.4. The number of rotatable bonds is 4. The lowest BCUT2D eigenvalue weighted by molar-refractivity contribution is -0.238. The number of ether oxygens (including phenoxy) is 1. The van der Waals surface area contributed by atoms with Gasteiger partial charge in [0, 0.05) is 30.1 Å². The molecule has 3 heteroatoms. The molecule has 2 N–H and O–H groups in total. The molecule has 3 nitrogen and oxygen atoms in total. The molecule has 0 radical (unpaired) electrons. The Hall–Kier alpha value is -0.380. The molecular formula is C29H48O3. The SMILES string of the molecule is CCC(C)CCC1(O)OC2CC3(O)C4CC=C5CC(C)CCC5(C)C4CCC3(C)C2C1C. The Morgan fingerprint density at radius 2 is 1.88 bits per heavy atom. The van der Waals surface area contributed by atoms with Crippen LogP contribution in [0.3, 0.4) is 0 Å². The fourth-order valence-corrected chi connectivity index (χ4v) is 9.44. The molecule has 0 spiro atoms. The minimum absolute atomic E-state index is 0.00903. The van der Waals surface area contributed by atoms with E-state index in [1.54, 1.807) is 5.57 Å². The number of aliphatic hydroxyl groups is 2. The molecule has 0 aromatic rings. The molecule has 1 saturated heterocycles. The van der Waals surface area contributed by atoms with Gasteiger partial charge in [-0.2, -0.15) is 0 Å². The summed E-state index contributed by atoms with van der Waals surface area (Å²) in [5.74, 6) is 1.64. The third kappa shape index (κ3) is 3.02. The summed E-state index contributed by atoms with van der Waals surface area (Å²) in [5, 5.41) is 24.0. The van der Waals surface area contributed by atoms with E-state index in [1.807, 2.05) is 0 Å². The van der Waals surface area contributed by atoms with Crippen LogP contribution in [0.15, 0.2) is 11.6 Å². The number of hydrogen-bond donors (Lipinski definition) is 2. The van der Waals surface area contributed by atoms with Gasteiger partial charge in [-0.1, -0.05) is 59.6 Å². The van der Waals surface area contributed by atoms with Crippen molar-refractivity contribution in [1.82, 2.24) is 0 Å². The van der Waals surface area contributed by atoms with Gasteiger partial charge in [0.15, 0.2) is 5.79 Å². The zero-order valence-electron chi connectivity index (χ0n) is 21.5. The molecule has 0 amide bonds. The quantitative estimate of drug-likeness (QED) is 0.488. The highest BCUT2D eigenvalue weighted by molar-refractivity contribution is 5.29. The average Bonchev–Trinajstić information content (AvgIpc) is 3.13. The molecule has 182 valence electrons. The molecule has 11 unspecified atom stereocenters. The van der Waals surface area contributed by atoms with Crippen LogP contribution in [-0.2, 0) is 4.74 Å². The second-order valence-electron chi connectivity index (χ2n) is 13.4. The van der Waals surface area contributed by atoms with Crippen LogP contribution >= 0.6 is 0 Å². The smallest absolute Gasteiger partial charge is 0.168 e. The van der Waals surface area contributed by atoms with Crippen molar-refractivity contribution >= 4 is 0 Å². The maximum atomic E-state index is 12.5. The first-order valence-electron chi connectivity index (χ1n) is 13.8. The number of allylic oxidation sites excluding steroid dienone is 2. The summed E-state index contributed by atoms with van der Waals surface area (Å²) in [5.41, 5.74) is 1.12. The molecule has 0 bridgehead atoms. The fourth-order valence-electron chi connectivity index (χ4n) is 9.44. The highest BCUT2D eigenvalue weighted by Crippen LogP contribution is 2.71. The van der Waals surface area contributed by atoms with E-state index in [2.05, 4.69) is 47.6 Å². The predicted octanol–water partition coefficient (Wildman–Crippen LogP) is 6.48. The van der Waals surface area contributed by atoms with Crippen molar-refractivity contribution in [1.29, 1.82) is 0 Å². The Labute approximate surface area is 196 Å². The molecule has 1 aliphatic heterocycles. The fraction of sp³-hybridized carbons (Fsp3) is 0.931. The van der Waals surface area contributed by atoms with Gasteiger partial charge in [0.25, 0.3) is 0 Å². The summed E-state index contributed by atoms with van der Waals surface area (Å²) in [6, 6.07) is 0. The standard InChI is InChI=1S/C29H48O3/c1-7-18(2)11-15-29(31)20(4)25-24(32-29)17-28(30)23-9-8-21-16-19(3)10-13-26(21,5)22(23)12-14-27(25,28)6/h8,18-20,22-25,30-31H,7,9-17H2,1-6H3. The van der Waals surface area contributed by atoms with E-state index in [0.717, 1.165) is 38.0 Å². The Bertz CT molecular complexity index is 776. The Morgan fingerprint density at radius 1 is 1.12 bits per heavy atom. The van der Waals surface area contributed by atoms with E-state index in [4.69, 9.17) is 4.74 Å². The van der Waals surface area contributed by atoms with Crippen LogP contribution in [0, 0.1) is 46.3 Å². The van der Waals surface area contributed by atoms with E-state index in [9.17, 15) is 10.2 Å². The van der Waals surface area contributed by atoms with Gasteiger partial charge in [0.05, 0.1) is 11.7 Å². The lowest BCUT2D eigenvalue weighted by Crippen LogP contribution is -2.61. The van der Waals surface area contributed by atoms with E-state index >= 15 is 0 Å². The Morgan fingerprint density at radius 3 is 2.59 bits per heavy atom. The van der Waals surface area contributed by atoms with Crippen LogP contribution in [0.2, 0.25) is 0 Å². The first kappa shape index (κ1) is 23.4. The Balaban J connectivity index is 1.42. The predicted molar refractivity (Wildman–Crippen MR) is 129 cm³/mol. The summed E-state index contributed by atoms with van der Waals surface area (Å²) in [6.45, 7) is 13.9. The van der Waals surface area contributed by atoms with Crippen molar-refractivity contribution in [3.63, 3.8) is 0 Å². The molecule has 32 heavy (non-hydrogen) atoms. The van der Waals surface area contributed by atoms with Gasteiger partial charge in [-0.3, -0.25) is 0 Å². The van der Waals surface area contributed by atoms with Crippen molar-refractivity contribution in [2.75, 3.05) is 0 Å². The first-order valence-corrected chi connectivity index (χ1v) is 13.8. The minimum atomic E-state index is -1.02. The summed E-state index contributed by atoms with van der Waals surface area (Å²) in [4.78, 5) is 0. The lowest BCUT2D eigenvalue weighted by Gasteiger charge is -2.61. The van der Waals surface area contributed by atoms with Crippen molar-refractivity contribution < 1.29 is 14.9 Å². The molecule has 4 aliphatic carbocycles. The molecule has 0 aromatic heterocycles. The Kier molecular flexibility index (Phi) is 5.52. The molecule has 1 heterocycles. The van der Waals surface area contributed by atoms with Crippen LogP contribution in [0.1, 0.15) is 106 Å². The summed E-state index contributed by atoms with van der Waals surface area (Å²) >= 11 is 0. The van der Waals surface area contributed by atoms with Gasteiger partial charge < -0.3 is 14.9 Å². The zero-order chi connectivity index (χ0) is 23.1. The topological polar surface area (TPSA) is 49.7 Å². The van der Waals surface area contributed by atoms with Crippen LogP contribution in [-0.4, -0.2) is 27.7 Å². The van der Waals surface area contributed by atoms with Crippen molar-refractivity contribution in [3.8, 4) is 0 Å². The molecule has 5 aliphatic rings. The van der Waals surface area contributed by atoms with Gasteiger partial charge >= 0.3 is 0 Å². The lowest BCUT2D eigenvalue weighted by atomic mass is 9.45. The van der Waals surface area contributed by atoms with E-state index in [1.165, 1.54) is 25.7 Å². The third-order valence-electron chi connectivity index (χ3n) is 11.9. The van der Waals surface area contributed by atoms with E-state index < -0.39 is 11.4 Å². The van der Waals surface area contributed by atoms with Gasteiger partial charge in [-0.25, -0.2) is 0 Å². The van der Waals surface area contributed by atoms with E-state index in [0.29, 0.717) is 24.2 Å². The largest absolute Gasteiger partial charge is 0.389 e. The zero-order valence-corrected chi connectivity index (χ0v) is 21.5. The van der Waals surface area contributed by atoms with Crippen molar-refractivity contribution in [2.45, 2.75) is 123 Å². The normalized spacial score (nSPS) is 55.4. The highest BCUT2D eigenvalue weighted by atomic mass is 16.6.